The Hall–Kier alpha value is -2.35. The van der Waals surface area contributed by atoms with Crippen molar-refractivity contribution in [3.8, 4) is 5.75 Å². The molecule has 2 aliphatic rings. The molecule has 0 spiro atoms. The SMILES string of the molecule is Cc1cc(CC(=O)O)cc(OCCN(C2CCCCC2)C2CCN(c3nc4ccc(Cl)cc4s3)C2)c1. The first kappa shape index (κ1) is 25.3. The zero-order chi connectivity index (χ0) is 25.1. The normalized spacial score (nSPS) is 18.9. The molecule has 3 aromatic rings. The number of benzene rings is 2. The third kappa shape index (κ3) is 6.13. The molecule has 0 radical (unpaired) electrons. The Morgan fingerprint density at radius 3 is 2.81 bits per heavy atom. The van der Waals surface area contributed by atoms with E-state index in [4.69, 9.17) is 26.4 Å². The third-order valence-corrected chi connectivity index (χ3v) is 8.68. The van der Waals surface area contributed by atoms with Crippen LogP contribution in [-0.4, -0.2) is 59.3 Å². The highest BCUT2D eigenvalue weighted by Crippen LogP contribution is 2.34. The molecule has 1 aliphatic carbocycles. The summed E-state index contributed by atoms with van der Waals surface area (Å²) in [5.74, 6) is -0.0620. The minimum atomic E-state index is -0.822. The van der Waals surface area contributed by atoms with Gasteiger partial charge in [-0.3, -0.25) is 9.69 Å². The highest BCUT2D eigenvalue weighted by atomic mass is 35.5. The van der Waals surface area contributed by atoms with Crippen LogP contribution in [0, 0.1) is 6.92 Å². The van der Waals surface area contributed by atoms with Gasteiger partial charge in [-0.1, -0.05) is 48.3 Å². The molecule has 36 heavy (non-hydrogen) atoms. The molecule has 6 nitrogen and oxygen atoms in total. The van der Waals surface area contributed by atoms with Gasteiger partial charge in [0, 0.05) is 36.7 Å². The molecule has 0 amide bonds. The van der Waals surface area contributed by atoms with Gasteiger partial charge in [0.1, 0.15) is 12.4 Å². The van der Waals surface area contributed by atoms with E-state index >= 15 is 0 Å². The number of carboxylic acid groups (broad SMARTS) is 1. The first-order valence-electron chi connectivity index (χ1n) is 13.0. The number of hydrogen-bond donors (Lipinski definition) is 1. The number of ether oxygens (including phenoxy) is 1. The lowest BCUT2D eigenvalue weighted by Gasteiger charge is -2.38. The number of nitrogens with zero attached hydrogens (tertiary/aromatic N) is 3. The van der Waals surface area contributed by atoms with Crippen LogP contribution in [0.25, 0.3) is 10.2 Å². The Morgan fingerprint density at radius 2 is 2.00 bits per heavy atom. The van der Waals surface area contributed by atoms with E-state index in [0.29, 0.717) is 18.7 Å². The van der Waals surface area contributed by atoms with Gasteiger partial charge in [-0.05, 0) is 67.6 Å². The Labute approximate surface area is 221 Å². The van der Waals surface area contributed by atoms with E-state index in [1.54, 1.807) is 11.3 Å². The summed E-state index contributed by atoms with van der Waals surface area (Å²) >= 11 is 7.92. The van der Waals surface area contributed by atoms with Crippen molar-refractivity contribution < 1.29 is 14.6 Å². The van der Waals surface area contributed by atoms with Gasteiger partial charge in [-0.15, -0.1) is 0 Å². The second kappa shape index (κ2) is 11.4. The zero-order valence-corrected chi connectivity index (χ0v) is 22.4. The number of halogens is 1. The van der Waals surface area contributed by atoms with Gasteiger partial charge in [0.25, 0.3) is 0 Å². The summed E-state index contributed by atoms with van der Waals surface area (Å²) in [5, 5.41) is 11.0. The number of thiazole rings is 1. The fourth-order valence-electron chi connectivity index (χ4n) is 5.74. The van der Waals surface area contributed by atoms with E-state index in [1.807, 2.05) is 43.3 Å². The van der Waals surface area contributed by atoms with Crippen molar-refractivity contribution in [3.63, 3.8) is 0 Å². The predicted octanol–water partition coefficient (Wildman–Crippen LogP) is 6.18. The molecule has 1 aromatic heterocycles. The molecule has 1 saturated carbocycles. The molecule has 1 aliphatic heterocycles. The van der Waals surface area contributed by atoms with Crippen molar-refractivity contribution in [2.24, 2.45) is 0 Å². The lowest BCUT2D eigenvalue weighted by Crippen LogP contribution is -2.47. The largest absolute Gasteiger partial charge is 0.492 e. The maximum Gasteiger partial charge on any atom is 0.307 e. The molecule has 1 saturated heterocycles. The van der Waals surface area contributed by atoms with Crippen molar-refractivity contribution in [3.05, 3.63) is 52.5 Å². The monoisotopic (exact) mass is 527 g/mol. The van der Waals surface area contributed by atoms with E-state index in [9.17, 15) is 4.79 Å². The van der Waals surface area contributed by atoms with Crippen LogP contribution in [-0.2, 0) is 11.2 Å². The molecule has 1 unspecified atom stereocenters. The number of aromatic nitrogens is 1. The Morgan fingerprint density at radius 1 is 1.17 bits per heavy atom. The van der Waals surface area contributed by atoms with Crippen LogP contribution in [0.2, 0.25) is 5.02 Å². The number of anilines is 1. The van der Waals surface area contributed by atoms with Gasteiger partial charge in [-0.25, -0.2) is 4.98 Å². The van der Waals surface area contributed by atoms with Gasteiger partial charge in [-0.2, -0.15) is 0 Å². The molecule has 0 bridgehead atoms. The van der Waals surface area contributed by atoms with Crippen molar-refractivity contribution in [2.75, 3.05) is 31.1 Å². The van der Waals surface area contributed by atoms with Gasteiger partial charge in [0.05, 0.1) is 16.6 Å². The van der Waals surface area contributed by atoms with E-state index in [1.165, 1.54) is 32.1 Å². The minimum absolute atomic E-state index is 0.0160. The van der Waals surface area contributed by atoms with Gasteiger partial charge in [0.15, 0.2) is 5.13 Å². The van der Waals surface area contributed by atoms with E-state index in [2.05, 4.69) is 9.80 Å². The average Bonchev–Trinajstić information content (AvgIpc) is 3.48. The van der Waals surface area contributed by atoms with Crippen LogP contribution >= 0.6 is 22.9 Å². The fourth-order valence-corrected chi connectivity index (χ4v) is 7.01. The molecule has 1 N–H and O–H groups in total. The minimum Gasteiger partial charge on any atom is -0.492 e. The van der Waals surface area contributed by atoms with Crippen LogP contribution in [0.3, 0.4) is 0 Å². The number of hydrogen-bond acceptors (Lipinski definition) is 6. The quantitative estimate of drug-likeness (QED) is 0.358. The molecular weight excluding hydrogens is 494 g/mol. The highest BCUT2D eigenvalue weighted by molar-refractivity contribution is 7.22. The number of carbonyl (C=O) groups is 1. The maximum atomic E-state index is 11.2. The van der Waals surface area contributed by atoms with Gasteiger partial charge >= 0.3 is 5.97 Å². The molecule has 2 fully saturated rings. The van der Waals surface area contributed by atoms with Crippen molar-refractivity contribution >= 4 is 44.3 Å². The Bertz CT molecular complexity index is 1210. The molecule has 2 heterocycles. The van der Waals surface area contributed by atoms with E-state index in [-0.39, 0.29) is 6.42 Å². The number of rotatable bonds is 9. The summed E-state index contributed by atoms with van der Waals surface area (Å²) in [5.41, 5.74) is 2.82. The number of fused-ring (bicyclic) bond motifs is 1. The smallest absolute Gasteiger partial charge is 0.307 e. The van der Waals surface area contributed by atoms with Crippen molar-refractivity contribution in [1.82, 2.24) is 9.88 Å². The molecule has 1 atom stereocenters. The summed E-state index contributed by atoms with van der Waals surface area (Å²) in [6.07, 6.45) is 7.58. The third-order valence-electron chi connectivity index (χ3n) is 7.37. The van der Waals surface area contributed by atoms with Crippen LogP contribution in [0.1, 0.15) is 49.7 Å². The maximum absolute atomic E-state index is 11.2. The second-order valence-corrected chi connectivity index (χ2v) is 11.5. The summed E-state index contributed by atoms with van der Waals surface area (Å²) < 4.78 is 7.32. The lowest BCUT2D eigenvalue weighted by atomic mass is 9.93. The molecular formula is C28H34ClN3O3S. The second-order valence-electron chi connectivity index (χ2n) is 10.1. The Kier molecular flexibility index (Phi) is 7.99. The van der Waals surface area contributed by atoms with Crippen LogP contribution in [0.4, 0.5) is 5.13 Å². The highest BCUT2D eigenvalue weighted by Gasteiger charge is 2.33. The Balaban J connectivity index is 1.25. The first-order valence-corrected chi connectivity index (χ1v) is 14.2. The van der Waals surface area contributed by atoms with E-state index in [0.717, 1.165) is 63.3 Å². The summed E-state index contributed by atoms with van der Waals surface area (Å²) in [7, 11) is 0. The number of aliphatic carboxylic acids is 1. The summed E-state index contributed by atoms with van der Waals surface area (Å²) in [6, 6.07) is 12.8. The van der Waals surface area contributed by atoms with Gasteiger partial charge < -0.3 is 14.7 Å². The van der Waals surface area contributed by atoms with Crippen LogP contribution < -0.4 is 9.64 Å². The summed E-state index contributed by atoms with van der Waals surface area (Å²) in [4.78, 5) is 21.2. The van der Waals surface area contributed by atoms with Crippen LogP contribution in [0.15, 0.2) is 36.4 Å². The van der Waals surface area contributed by atoms with Gasteiger partial charge in [0.2, 0.25) is 0 Å². The lowest BCUT2D eigenvalue weighted by molar-refractivity contribution is -0.136. The van der Waals surface area contributed by atoms with Crippen molar-refractivity contribution in [1.29, 1.82) is 0 Å². The standard InChI is InChI=1S/C28H34ClN3O3S/c1-19-13-20(16-27(33)34)15-24(14-19)35-12-11-32(22-5-3-2-4-6-22)23-9-10-31(18-23)28-30-25-8-7-21(29)17-26(25)36-28/h7-8,13-15,17,22-23H,2-6,9-12,16,18H2,1H3,(H,33,34). The average molecular weight is 528 g/mol. The molecule has 8 heteroatoms. The van der Waals surface area contributed by atoms with Crippen LogP contribution in [0.5, 0.6) is 5.75 Å². The topological polar surface area (TPSA) is 65.9 Å². The molecule has 2 aromatic carbocycles. The predicted molar refractivity (Wildman–Crippen MR) is 147 cm³/mol. The fraction of sp³-hybridized carbons (Fsp3) is 0.500. The number of aryl methyl sites for hydroxylation is 1. The molecule has 192 valence electrons. The first-order chi connectivity index (χ1) is 17.4. The van der Waals surface area contributed by atoms with Crippen molar-refractivity contribution in [2.45, 2.75) is 64.0 Å². The summed E-state index contributed by atoms with van der Waals surface area (Å²) in [6.45, 7) is 5.45. The van der Waals surface area contributed by atoms with E-state index < -0.39 is 5.97 Å². The number of carboxylic acids is 1. The molecule has 5 rings (SSSR count). The zero-order valence-electron chi connectivity index (χ0n) is 20.8.